The van der Waals surface area contributed by atoms with Crippen molar-refractivity contribution in [2.75, 3.05) is 16.4 Å². The fourth-order valence-electron chi connectivity index (χ4n) is 2.01. The van der Waals surface area contributed by atoms with E-state index in [1.807, 2.05) is 0 Å². The number of carbonyl (C=O) groups is 2. The van der Waals surface area contributed by atoms with Gasteiger partial charge in [-0.05, 0) is 63.2 Å². The van der Waals surface area contributed by atoms with E-state index in [4.69, 9.17) is 4.74 Å². The van der Waals surface area contributed by atoms with Gasteiger partial charge in [0.2, 0.25) is 5.91 Å². The Balaban J connectivity index is 2.01. The average Bonchev–Trinajstić information content (AvgIpc) is 2.55. The normalized spacial score (nSPS) is 11.0. The first-order valence-corrected chi connectivity index (χ1v) is 9.09. The van der Waals surface area contributed by atoms with Crippen LogP contribution in [0.1, 0.15) is 20.8 Å². The lowest BCUT2D eigenvalue weighted by Crippen LogP contribution is -2.27. The van der Waals surface area contributed by atoms with Gasteiger partial charge < -0.3 is 10.1 Å². The summed E-state index contributed by atoms with van der Waals surface area (Å²) >= 11 is 1.20. The zero-order valence-corrected chi connectivity index (χ0v) is 16.0. The number of benzene rings is 2. The smallest absolute Gasteiger partial charge is 0.412 e. The first-order valence-electron chi connectivity index (χ1n) is 8.10. The largest absolute Gasteiger partial charge is 0.444 e. The van der Waals surface area contributed by atoms with Gasteiger partial charge in [0.1, 0.15) is 17.2 Å². The van der Waals surface area contributed by atoms with Crippen LogP contribution in [-0.4, -0.2) is 23.4 Å². The standard InChI is InChI=1S/C19H20F2N2O3S/c1-19(2,3)26-18(25)23-15-9-6-13(21)10-16(15)22-17(24)11-27-14-7-4-12(20)5-8-14/h4-10H,11H2,1-3H3,(H,22,24)(H,23,25). The Morgan fingerprint density at radius 3 is 2.22 bits per heavy atom. The fraction of sp³-hybridized carbons (Fsp3) is 0.263. The van der Waals surface area contributed by atoms with Crippen LogP contribution in [0.25, 0.3) is 0 Å². The third-order valence-electron chi connectivity index (χ3n) is 3.07. The van der Waals surface area contributed by atoms with Crippen LogP contribution in [0, 0.1) is 11.6 Å². The molecule has 0 atom stereocenters. The summed E-state index contributed by atoms with van der Waals surface area (Å²) in [6.45, 7) is 5.14. The third kappa shape index (κ3) is 7.26. The van der Waals surface area contributed by atoms with Crippen LogP contribution in [-0.2, 0) is 9.53 Å². The predicted octanol–water partition coefficient (Wildman–Crippen LogP) is 5.04. The molecule has 8 heteroatoms. The lowest BCUT2D eigenvalue weighted by Gasteiger charge is -2.20. The van der Waals surface area contributed by atoms with E-state index in [1.165, 1.54) is 30.0 Å². The van der Waals surface area contributed by atoms with Gasteiger partial charge in [0.05, 0.1) is 17.1 Å². The van der Waals surface area contributed by atoms with Gasteiger partial charge in [-0.1, -0.05) is 0 Å². The Morgan fingerprint density at radius 1 is 0.963 bits per heavy atom. The molecule has 0 spiro atoms. The van der Waals surface area contributed by atoms with Crippen LogP contribution in [0.2, 0.25) is 0 Å². The number of hydrogen-bond donors (Lipinski definition) is 2. The molecule has 0 unspecified atom stereocenters. The number of ether oxygens (including phenoxy) is 1. The molecule has 0 aliphatic heterocycles. The number of nitrogens with one attached hydrogen (secondary N) is 2. The fourth-order valence-corrected chi connectivity index (χ4v) is 2.71. The number of thioether (sulfide) groups is 1. The van der Waals surface area contributed by atoms with Gasteiger partial charge in [-0.3, -0.25) is 10.1 Å². The summed E-state index contributed by atoms with van der Waals surface area (Å²) in [6, 6.07) is 9.33. The summed E-state index contributed by atoms with van der Waals surface area (Å²) in [4.78, 5) is 24.8. The van der Waals surface area contributed by atoms with Crippen molar-refractivity contribution in [2.24, 2.45) is 0 Å². The lowest BCUT2D eigenvalue weighted by atomic mass is 10.2. The zero-order valence-electron chi connectivity index (χ0n) is 15.1. The number of halogens is 2. The highest BCUT2D eigenvalue weighted by atomic mass is 32.2. The van der Waals surface area contributed by atoms with Crippen LogP contribution in [0.3, 0.4) is 0 Å². The van der Waals surface area contributed by atoms with E-state index in [1.54, 1.807) is 32.9 Å². The highest BCUT2D eigenvalue weighted by molar-refractivity contribution is 8.00. The maximum absolute atomic E-state index is 13.6. The van der Waals surface area contributed by atoms with Crippen LogP contribution < -0.4 is 10.6 Å². The van der Waals surface area contributed by atoms with Gasteiger partial charge >= 0.3 is 6.09 Å². The predicted molar refractivity (Wildman–Crippen MR) is 102 cm³/mol. The first-order chi connectivity index (χ1) is 12.6. The summed E-state index contributed by atoms with van der Waals surface area (Å²) in [6.07, 6.45) is -0.717. The molecule has 0 bridgehead atoms. The second-order valence-electron chi connectivity index (χ2n) is 6.61. The topological polar surface area (TPSA) is 67.4 Å². The van der Waals surface area contributed by atoms with Crippen molar-refractivity contribution < 1.29 is 23.1 Å². The minimum Gasteiger partial charge on any atom is -0.444 e. The van der Waals surface area contributed by atoms with E-state index in [9.17, 15) is 18.4 Å². The summed E-state index contributed by atoms with van der Waals surface area (Å²) in [5, 5.41) is 5.05. The van der Waals surface area contributed by atoms with Gasteiger partial charge in [-0.2, -0.15) is 0 Å². The highest BCUT2D eigenvalue weighted by Crippen LogP contribution is 2.25. The van der Waals surface area contributed by atoms with Crippen molar-refractivity contribution in [1.29, 1.82) is 0 Å². The lowest BCUT2D eigenvalue weighted by molar-refractivity contribution is -0.113. The van der Waals surface area contributed by atoms with Crippen LogP contribution in [0.4, 0.5) is 25.0 Å². The number of rotatable bonds is 5. The van der Waals surface area contributed by atoms with Gasteiger partial charge in [0.25, 0.3) is 0 Å². The molecular formula is C19H20F2N2O3S. The van der Waals surface area contributed by atoms with Crippen molar-refractivity contribution in [1.82, 2.24) is 0 Å². The molecule has 0 saturated heterocycles. The van der Waals surface area contributed by atoms with Gasteiger partial charge in [-0.25, -0.2) is 13.6 Å². The summed E-state index contributed by atoms with van der Waals surface area (Å²) in [5.41, 5.74) is -0.365. The summed E-state index contributed by atoms with van der Waals surface area (Å²) in [5.74, 6) is -1.29. The molecule has 0 aliphatic rings. The molecule has 144 valence electrons. The van der Waals surface area contributed by atoms with Crippen LogP contribution in [0.5, 0.6) is 0 Å². The van der Waals surface area contributed by atoms with E-state index in [2.05, 4.69) is 10.6 Å². The molecule has 0 radical (unpaired) electrons. The maximum atomic E-state index is 13.6. The maximum Gasteiger partial charge on any atom is 0.412 e. The minimum absolute atomic E-state index is 0.0357. The van der Waals surface area contributed by atoms with Crippen molar-refractivity contribution in [2.45, 2.75) is 31.3 Å². The zero-order chi connectivity index (χ0) is 20.0. The average molecular weight is 394 g/mol. The van der Waals surface area contributed by atoms with Crippen molar-refractivity contribution >= 4 is 35.1 Å². The Labute approximate surface area is 160 Å². The molecule has 0 aromatic heterocycles. The highest BCUT2D eigenvalue weighted by Gasteiger charge is 2.18. The van der Waals surface area contributed by atoms with Gasteiger partial charge in [0.15, 0.2) is 0 Å². The molecular weight excluding hydrogens is 374 g/mol. The molecule has 5 nitrogen and oxygen atoms in total. The Morgan fingerprint density at radius 2 is 1.59 bits per heavy atom. The molecule has 2 aromatic carbocycles. The Kier molecular flexibility index (Phi) is 6.79. The molecule has 0 aliphatic carbocycles. The number of amides is 2. The molecule has 0 saturated carbocycles. The molecule has 27 heavy (non-hydrogen) atoms. The SMILES string of the molecule is CC(C)(C)OC(=O)Nc1ccc(F)cc1NC(=O)CSc1ccc(F)cc1. The van der Waals surface area contributed by atoms with Gasteiger partial charge in [-0.15, -0.1) is 11.8 Å². The molecule has 0 fully saturated rings. The van der Waals surface area contributed by atoms with Crippen molar-refractivity contribution in [3.8, 4) is 0 Å². The molecule has 2 aromatic rings. The monoisotopic (exact) mass is 394 g/mol. The summed E-state index contributed by atoms with van der Waals surface area (Å²) < 4.78 is 31.6. The molecule has 0 heterocycles. The van der Waals surface area contributed by atoms with E-state index >= 15 is 0 Å². The number of carbonyl (C=O) groups excluding carboxylic acids is 2. The quantitative estimate of drug-likeness (QED) is 0.697. The minimum atomic E-state index is -0.717. The van der Waals surface area contributed by atoms with Gasteiger partial charge in [0, 0.05) is 4.90 Å². The Bertz CT molecular complexity index is 821. The second-order valence-corrected chi connectivity index (χ2v) is 7.66. The molecule has 2 N–H and O–H groups in total. The third-order valence-corrected chi connectivity index (χ3v) is 4.09. The molecule has 2 amide bonds. The molecule has 2 rings (SSSR count). The van der Waals surface area contributed by atoms with E-state index in [0.717, 1.165) is 17.0 Å². The van der Waals surface area contributed by atoms with Crippen molar-refractivity contribution in [3.05, 3.63) is 54.1 Å². The first kappa shape index (κ1) is 20.7. The Hall–Kier alpha value is -2.61. The second kappa shape index (κ2) is 8.85. The van der Waals surface area contributed by atoms with E-state index in [0.29, 0.717) is 0 Å². The van der Waals surface area contributed by atoms with Crippen LogP contribution >= 0.6 is 11.8 Å². The van der Waals surface area contributed by atoms with Crippen LogP contribution in [0.15, 0.2) is 47.4 Å². The number of anilines is 2. The van der Waals surface area contributed by atoms with E-state index in [-0.39, 0.29) is 22.9 Å². The van der Waals surface area contributed by atoms with E-state index < -0.39 is 23.4 Å². The van der Waals surface area contributed by atoms with Crippen molar-refractivity contribution in [3.63, 3.8) is 0 Å². The summed E-state index contributed by atoms with van der Waals surface area (Å²) in [7, 11) is 0. The number of hydrogen-bond acceptors (Lipinski definition) is 4.